The molecular weight excluding hydrogens is 502 g/mol. The first-order valence-corrected chi connectivity index (χ1v) is 13.9. The molecule has 2 aromatic carbocycles. The van der Waals surface area contributed by atoms with Gasteiger partial charge in [-0.25, -0.2) is 9.78 Å². The van der Waals surface area contributed by atoms with E-state index in [9.17, 15) is 9.59 Å². The molecule has 1 aromatic heterocycles. The lowest BCUT2D eigenvalue weighted by atomic mass is 10.0. The Morgan fingerprint density at radius 2 is 1.82 bits per heavy atom. The molecule has 2 aliphatic rings. The summed E-state index contributed by atoms with van der Waals surface area (Å²) in [6.07, 6.45) is 2.95. The van der Waals surface area contributed by atoms with Gasteiger partial charge in [0.15, 0.2) is 0 Å². The van der Waals surface area contributed by atoms with Crippen LogP contribution in [-0.2, 0) is 9.53 Å². The van der Waals surface area contributed by atoms with Gasteiger partial charge in [-0.3, -0.25) is 9.69 Å². The number of ether oxygens (including phenoxy) is 1. The molecule has 0 saturated carbocycles. The molecule has 202 valence electrons. The van der Waals surface area contributed by atoms with Gasteiger partial charge in [-0.2, -0.15) is 0 Å². The van der Waals surface area contributed by atoms with Crippen LogP contribution in [-0.4, -0.2) is 76.1 Å². The van der Waals surface area contributed by atoms with E-state index in [4.69, 9.17) is 21.3 Å². The van der Waals surface area contributed by atoms with Gasteiger partial charge < -0.3 is 19.5 Å². The number of carbonyl (C=O) groups excluding carboxylic acids is 2. The number of carbonyl (C=O) groups is 2. The molecule has 2 amide bonds. The first kappa shape index (κ1) is 26.4. The van der Waals surface area contributed by atoms with Crippen LogP contribution in [0.3, 0.4) is 0 Å². The normalized spacial score (nSPS) is 18.9. The second-order valence-electron chi connectivity index (χ2n) is 11.1. The molecule has 9 heteroatoms. The number of amides is 2. The summed E-state index contributed by atoms with van der Waals surface area (Å²) < 4.78 is 5.61. The highest BCUT2D eigenvalue weighted by atomic mass is 35.5. The standard InChI is InChI=1S/C29H36ClN5O3/c1-29(2,3)38-28(37)35-16-7-6-11-25(35)27(36)34-15-8-14-33(17-18-34)20-12-13-22(30)21(19-20)26-31-23-9-4-5-10-24(23)32-26/h4-5,9-10,12-13,19,25H,6-8,11,14-18H2,1-3H3,(H,31,32)/t25-/m1/s1. The lowest BCUT2D eigenvalue weighted by Gasteiger charge is -2.38. The van der Waals surface area contributed by atoms with E-state index in [-0.39, 0.29) is 5.91 Å². The minimum atomic E-state index is -0.592. The minimum absolute atomic E-state index is 0.0245. The lowest BCUT2D eigenvalue weighted by molar-refractivity contribution is -0.137. The van der Waals surface area contributed by atoms with E-state index in [1.165, 1.54) is 0 Å². The number of rotatable bonds is 3. The third-order valence-electron chi connectivity index (χ3n) is 7.18. The van der Waals surface area contributed by atoms with E-state index in [0.717, 1.165) is 53.9 Å². The number of para-hydroxylation sites is 2. The maximum absolute atomic E-state index is 13.6. The number of piperidine rings is 1. The summed E-state index contributed by atoms with van der Waals surface area (Å²) in [6.45, 7) is 8.90. The van der Waals surface area contributed by atoms with Gasteiger partial charge in [0.1, 0.15) is 17.5 Å². The Kier molecular flexibility index (Phi) is 7.52. The van der Waals surface area contributed by atoms with Crippen molar-refractivity contribution < 1.29 is 14.3 Å². The summed E-state index contributed by atoms with van der Waals surface area (Å²) in [5.41, 5.74) is 3.18. The highest BCUT2D eigenvalue weighted by Gasteiger charge is 2.37. The molecule has 2 aliphatic heterocycles. The predicted molar refractivity (Wildman–Crippen MR) is 151 cm³/mol. The average Bonchev–Trinajstić information content (AvgIpc) is 3.17. The number of nitrogens with one attached hydrogen (secondary N) is 1. The monoisotopic (exact) mass is 537 g/mol. The Morgan fingerprint density at radius 1 is 1.00 bits per heavy atom. The fourth-order valence-corrected chi connectivity index (χ4v) is 5.51. The van der Waals surface area contributed by atoms with Crippen molar-refractivity contribution in [2.24, 2.45) is 0 Å². The molecule has 0 spiro atoms. The van der Waals surface area contributed by atoms with Gasteiger partial charge in [0.05, 0.1) is 16.1 Å². The van der Waals surface area contributed by atoms with Crippen LogP contribution in [0.2, 0.25) is 5.02 Å². The topological polar surface area (TPSA) is 81.8 Å². The average molecular weight is 538 g/mol. The van der Waals surface area contributed by atoms with E-state index in [1.807, 2.05) is 62.1 Å². The quantitative estimate of drug-likeness (QED) is 0.462. The molecule has 3 heterocycles. The number of anilines is 1. The van der Waals surface area contributed by atoms with Crippen molar-refractivity contribution in [2.75, 3.05) is 37.6 Å². The van der Waals surface area contributed by atoms with Crippen molar-refractivity contribution in [3.8, 4) is 11.4 Å². The lowest BCUT2D eigenvalue weighted by Crippen LogP contribution is -2.54. The van der Waals surface area contributed by atoms with Crippen LogP contribution in [0, 0.1) is 0 Å². The van der Waals surface area contributed by atoms with Crippen molar-refractivity contribution >= 4 is 40.3 Å². The van der Waals surface area contributed by atoms with E-state index in [1.54, 1.807) is 4.90 Å². The SMILES string of the molecule is CC(C)(C)OC(=O)N1CCCC[C@@H]1C(=O)N1CCCN(c2ccc(Cl)c(-c3nc4ccccc4[nH]3)c2)CC1. The van der Waals surface area contributed by atoms with Crippen molar-refractivity contribution in [3.63, 3.8) is 0 Å². The molecule has 0 radical (unpaired) electrons. The Morgan fingerprint density at radius 3 is 2.61 bits per heavy atom. The third kappa shape index (κ3) is 5.75. The summed E-state index contributed by atoms with van der Waals surface area (Å²) in [5, 5.41) is 0.638. The largest absolute Gasteiger partial charge is 0.444 e. The number of H-pyrrole nitrogens is 1. The van der Waals surface area contributed by atoms with Crippen molar-refractivity contribution in [1.82, 2.24) is 19.8 Å². The summed E-state index contributed by atoms with van der Waals surface area (Å²) >= 11 is 6.59. The summed E-state index contributed by atoms with van der Waals surface area (Å²) in [4.78, 5) is 40.4. The third-order valence-corrected chi connectivity index (χ3v) is 7.51. The highest BCUT2D eigenvalue weighted by molar-refractivity contribution is 6.33. The Hall–Kier alpha value is -3.26. The number of fused-ring (bicyclic) bond motifs is 1. The molecule has 38 heavy (non-hydrogen) atoms. The molecule has 0 aliphatic carbocycles. The van der Waals surface area contributed by atoms with E-state index in [2.05, 4.69) is 16.0 Å². The number of halogens is 1. The van der Waals surface area contributed by atoms with Gasteiger partial charge in [0.25, 0.3) is 0 Å². The first-order chi connectivity index (χ1) is 18.2. The summed E-state index contributed by atoms with van der Waals surface area (Å²) in [6, 6.07) is 13.5. The maximum atomic E-state index is 13.6. The van der Waals surface area contributed by atoms with Crippen molar-refractivity contribution in [3.05, 3.63) is 47.5 Å². The summed E-state index contributed by atoms with van der Waals surface area (Å²) in [5.74, 6) is 0.765. The minimum Gasteiger partial charge on any atom is -0.444 e. The first-order valence-electron chi connectivity index (χ1n) is 13.5. The zero-order valence-corrected chi connectivity index (χ0v) is 23.1. The Labute approximate surface area is 228 Å². The zero-order chi connectivity index (χ0) is 26.9. The molecular formula is C29H36ClN5O3. The van der Waals surface area contributed by atoms with Gasteiger partial charge in [0.2, 0.25) is 5.91 Å². The van der Waals surface area contributed by atoms with Gasteiger partial charge >= 0.3 is 6.09 Å². The molecule has 1 N–H and O–H groups in total. The number of hydrogen-bond donors (Lipinski definition) is 1. The Balaban J connectivity index is 1.29. The van der Waals surface area contributed by atoms with Crippen molar-refractivity contribution in [1.29, 1.82) is 0 Å². The van der Waals surface area contributed by atoms with E-state index in [0.29, 0.717) is 37.6 Å². The number of aromatic amines is 1. The van der Waals surface area contributed by atoms with E-state index >= 15 is 0 Å². The number of nitrogens with zero attached hydrogens (tertiary/aromatic N) is 4. The van der Waals surface area contributed by atoms with Crippen LogP contribution in [0.25, 0.3) is 22.4 Å². The van der Waals surface area contributed by atoms with E-state index < -0.39 is 17.7 Å². The second-order valence-corrected chi connectivity index (χ2v) is 11.5. The number of aromatic nitrogens is 2. The molecule has 8 nitrogen and oxygen atoms in total. The fraction of sp³-hybridized carbons (Fsp3) is 0.483. The zero-order valence-electron chi connectivity index (χ0n) is 22.4. The van der Waals surface area contributed by atoms with Crippen LogP contribution in [0.15, 0.2) is 42.5 Å². The number of likely N-dealkylation sites (tertiary alicyclic amines) is 1. The highest BCUT2D eigenvalue weighted by Crippen LogP contribution is 2.32. The van der Waals surface area contributed by atoms with Crippen LogP contribution in [0.1, 0.15) is 46.5 Å². The predicted octanol–water partition coefficient (Wildman–Crippen LogP) is 5.71. The molecule has 0 unspecified atom stereocenters. The van der Waals surface area contributed by atoms with Gasteiger partial charge in [0, 0.05) is 44.0 Å². The number of imidazole rings is 1. The molecule has 0 bridgehead atoms. The van der Waals surface area contributed by atoms with Crippen LogP contribution in [0.5, 0.6) is 0 Å². The van der Waals surface area contributed by atoms with Crippen LogP contribution >= 0.6 is 11.6 Å². The van der Waals surface area contributed by atoms with Crippen LogP contribution < -0.4 is 4.90 Å². The maximum Gasteiger partial charge on any atom is 0.410 e. The van der Waals surface area contributed by atoms with Crippen LogP contribution in [0.4, 0.5) is 10.5 Å². The van der Waals surface area contributed by atoms with Crippen molar-refractivity contribution in [2.45, 2.75) is 58.1 Å². The van der Waals surface area contributed by atoms with Gasteiger partial charge in [-0.1, -0.05) is 23.7 Å². The summed E-state index contributed by atoms with van der Waals surface area (Å²) in [7, 11) is 0. The smallest absolute Gasteiger partial charge is 0.410 e. The second kappa shape index (κ2) is 10.8. The van der Waals surface area contributed by atoms with Gasteiger partial charge in [-0.15, -0.1) is 0 Å². The molecule has 2 saturated heterocycles. The molecule has 2 fully saturated rings. The Bertz CT molecular complexity index is 1280. The number of hydrogen-bond acceptors (Lipinski definition) is 5. The van der Waals surface area contributed by atoms with Gasteiger partial charge in [-0.05, 0) is 76.8 Å². The fourth-order valence-electron chi connectivity index (χ4n) is 5.31. The molecule has 5 rings (SSSR count). The molecule has 3 aromatic rings. The number of benzene rings is 2. The molecule has 1 atom stereocenters.